The first-order valence-corrected chi connectivity index (χ1v) is 15.9. The second kappa shape index (κ2) is 9.78. The summed E-state index contributed by atoms with van der Waals surface area (Å²) < 4.78 is 0. The summed E-state index contributed by atoms with van der Waals surface area (Å²) in [4.78, 5) is 0. The molecular formula is C45H32. The van der Waals surface area contributed by atoms with Crippen LogP contribution in [-0.2, 0) is 5.41 Å². The van der Waals surface area contributed by atoms with Gasteiger partial charge in [-0.15, -0.1) is 0 Å². The van der Waals surface area contributed by atoms with Crippen LogP contribution in [-0.4, -0.2) is 0 Å². The van der Waals surface area contributed by atoms with Gasteiger partial charge in [0.05, 0.1) is 0 Å². The van der Waals surface area contributed by atoms with E-state index in [1.54, 1.807) is 0 Å². The molecule has 0 N–H and O–H groups in total. The zero-order chi connectivity index (χ0) is 30.1. The van der Waals surface area contributed by atoms with E-state index >= 15 is 0 Å². The molecule has 45 heavy (non-hydrogen) atoms. The molecule has 212 valence electrons. The van der Waals surface area contributed by atoms with E-state index < -0.39 is 0 Å². The van der Waals surface area contributed by atoms with E-state index in [1.807, 2.05) is 0 Å². The van der Waals surface area contributed by atoms with Gasteiger partial charge in [-0.3, -0.25) is 0 Å². The van der Waals surface area contributed by atoms with Gasteiger partial charge < -0.3 is 0 Å². The lowest BCUT2D eigenvalue weighted by atomic mass is 9.74. The van der Waals surface area contributed by atoms with Crippen LogP contribution in [0.15, 0.2) is 158 Å². The number of hydrogen-bond donors (Lipinski definition) is 0. The highest BCUT2D eigenvalue weighted by Gasteiger charge is 2.40. The molecule has 0 heteroatoms. The van der Waals surface area contributed by atoms with Crippen LogP contribution in [0.4, 0.5) is 0 Å². The van der Waals surface area contributed by atoms with Crippen molar-refractivity contribution in [2.45, 2.75) is 19.3 Å². The van der Waals surface area contributed by atoms with Gasteiger partial charge in [-0.05, 0) is 88.0 Å². The first-order valence-electron chi connectivity index (χ1n) is 15.9. The molecular weight excluding hydrogens is 540 g/mol. The van der Waals surface area contributed by atoms with Crippen LogP contribution in [0.2, 0.25) is 0 Å². The van der Waals surface area contributed by atoms with Gasteiger partial charge in [0, 0.05) is 5.41 Å². The Morgan fingerprint density at radius 2 is 0.689 bits per heavy atom. The molecule has 0 unspecified atom stereocenters. The topological polar surface area (TPSA) is 0 Å². The second-order valence-corrected chi connectivity index (χ2v) is 12.8. The molecule has 1 aliphatic rings. The maximum absolute atomic E-state index is 2.41. The fourth-order valence-electron chi connectivity index (χ4n) is 8.19. The fraction of sp³-hybridized carbons (Fsp3) is 0.0667. The van der Waals surface area contributed by atoms with Crippen molar-refractivity contribution < 1.29 is 0 Å². The monoisotopic (exact) mass is 572 g/mol. The summed E-state index contributed by atoms with van der Waals surface area (Å²) in [6, 6.07) is 58.2. The van der Waals surface area contributed by atoms with Gasteiger partial charge in [-0.25, -0.2) is 0 Å². The van der Waals surface area contributed by atoms with Crippen molar-refractivity contribution >= 4 is 32.3 Å². The molecule has 0 saturated carbocycles. The van der Waals surface area contributed by atoms with Crippen LogP contribution in [0.1, 0.15) is 25.0 Å². The highest BCUT2D eigenvalue weighted by atomic mass is 14.4. The van der Waals surface area contributed by atoms with Crippen molar-refractivity contribution in [2.24, 2.45) is 0 Å². The minimum Gasteiger partial charge on any atom is -0.0622 e. The maximum atomic E-state index is 2.41. The zero-order valence-corrected chi connectivity index (χ0v) is 25.5. The molecule has 9 rings (SSSR count). The summed E-state index contributed by atoms with van der Waals surface area (Å²) in [5.74, 6) is 0. The van der Waals surface area contributed by atoms with Crippen LogP contribution in [0.25, 0.3) is 76.8 Å². The highest BCUT2D eigenvalue weighted by Crippen LogP contribution is 2.59. The normalized spacial score (nSPS) is 13.3. The summed E-state index contributed by atoms with van der Waals surface area (Å²) >= 11 is 0. The van der Waals surface area contributed by atoms with Gasteiger partial charge in [0.25, 0.3) is 0 Å². The van der Waals surface area contributed by atoms with Gasteiger partial charge in [-0.1, -0.05) is 172 Å². The zero-order valence-electron chi connectivity index (χ0n) is 25.5. The SMILES string of the molecule is CC1(C)c2ccccc2-c2c1c(-c1ccccc1)c(-c1c3ccccc3c(-c3ccccc3)c3ccccc13)c1ccccc21. The van der Waals surface area contributed by atoms with Crippen molar-refractivity contribution in [3.05, 3.63) is 169 Å². The Kier molecular flexibility index (Phi) is 5.64. The second-order valence-electron chi connectivity index (χ2n) is 12.8. The quantitative estimate of drug-likeness (QED) is 0.185. The van der Waals surface area contributed by atoms with Crippen LogP contribution in [0.3, 0.4) is 0 Å². The first-order chi connectivity index (χ1) is 22.1. The van der Waals surface area contributed by atoms with E-state index in [0.29, 0.717) is 0 Å². The smallest absolute Gasteiger partial charge is 0.0165 e. The average molecular weight is 573 g/mol. The van der Waals surface area contributed by atoms with Crippen LogP contribution >= 0.6 is 0 Å². The molecule has 0 aromatic heterocycles. The molecule has 8 aromatic rings. The van der Waals surface area contributed by atoms with E-state index in [9.17, 15) is 0 Å². The summed E-state index contributed by atoms with van der Waals surface area (Å²) in [5.41, 5.74) is 13.1. The largest absolute Gasteiger partial charge is 0.0622 e. The summed E-state index contributed by atoms with van der Waals surface area (Å²) in [5, 5.41) is 7.74. The minimum atomic E-state index is -0.175. The van der Waals surface area contributed by atoms with Crippen LogP contribution in [0.5, 0.6) is 0 Å². The Morgan fingerprint density at radius 1 is 0.311 bits per heavy atom. The Morgan fingerprint density at radius 3 is 1.22 bits per heavy atom. The van der Waals surface area contributed by atoms with Crippen molar-refractivity contribution in [3.8, 4) is 44.5 Å². The number of fused-ring (bicyclic) bond motifs is 7. The molecule has 0 bridgehead atoms. The molecule has 0 saturated heterocycles. The van der Waals surface area contributed by atoms with Gasteiger partial charge in [0.1, 0.15) is 0 Å². The van der Waals surface area contributed by atoms with E-state index in [-0.39, 0.29) is 5.41 Å². The van der Waals surface area contributed by atoms with Gasteiger partial charge >= 0.3 is 0 Å². The molecule has 0 spiro atoms. The lowest BCUT2D eigenvalue weighted by molar-refractivity contribution is 0.662. The van der Waals surface area contributed by atoms with Gasteiger partial charge in [-0.2, -0.15) is 0 Å². The molecule has 0 aliphatic heterocycles. The Balaban J connectivity index is 1.56. The fourth-order valence-corrected chi connectivity index (χ4v) is 8.19. The van der Waals surface area contributed by atoms with E-state index in [2.05, 4.69) is 172 Å². The molecule has 0 heterocycles. The van der Waals surface area contributed by atoms with Gasteiger partial charge in [0.15, 0.2) is 0 Å². The van der Waals surface area contributed by atoms with Crippen molar-refractivity contribution in [2.75, 3.05) is 0 Å². The maximum Gasteiger partial charge on any atom is 0.0165 e. The Hall–Kier alpha value is -5.46. The van der Waals surface area contributed by atoms with E-state index in [4.69, 9.17) is 0 Å². The third-order valence-electron chi connectivity index (χ3n) is 10.0. The van der Waals surface area contributed by atoms with Crippen molar-refractivity contribution in [1.82, 2.24) is 0 Å². The summed E-state index contributed by atoms with van der Waals surface area (Å²) in [6.07, 6.45) is 0. The third kappa shape index (κ3) is 3.66. The molecule has 0 amide bonds. The average Bonchev–Trinajstić information content (AvgIpc) is 3.34. The summed E-state index contributed by atoms with van der Waals surface area (Å²) in [6.45, 7) is 4.83. The van der Waals surface area contributed by atoms with Crippen molar-refractivity contribution in [1.29, 1.82) is 0 Å². The lowest BCUT2D eigenvalue weighted by Crippen LogP contribution is -2.17. The molecule has 1 aliphatic carbocycles. The van der Waals surface area contributed by atoms with E-state index in [1.165, 1.54) is 88.0 Å². The molecule has 0 nitrogen and oxygen atoms in total. The van der Waals surface area contributed by atoms with Crippen LogP contribution in [0, 0.1) is 0 Å². The predicted octanol–water partition coefficient (Wildman–Crippen LogP) is 12.5. The molecule has 0 radical (unpaired) electrons. The minimum absolute atomic E-state index is 0.175. The predicted molar refractivity (Wildman–Crippen MR) is 193 cm³/mol. The first kappa shape index (κ1) is 26.0. The third-order valence-corrected chi connectivity index (χ3v) is 10.0. The molecule has 0 atom stereocenters. The van der Waals surface area contributed by atoms with Crippen molar-refractivity contribution in [3.63, 3.8) is 0 Å². The summed E-state index contributed by atoms with van der Waals surface area (Å²) in [7, 11) is 0. The number of hydrogen-bond acceptors (Lipinski definition) is 0. The van der Waals surface area contributed by atoms with E-state index in [0.717, 1.165) is 0 Å². The Bertz CT molecular complexity index is 2370. The van der Waals surface area contributed by atoms with Gasteiger partial charge in [0.2, 0.25) is 0 Å². The standard InChI is InChI=1S/C45H32/c1-45(2)38-28-16-15-27-37(38)42-35-25-13-14-26-36(35)43(40(44(42)45)30-19-7-4-8-20-30)41-33-23-11-9-21-31(33)39(29-17-5-3-6-18-29)32-22-10-12-24-34(32)41/h3-28H,1-2H3. The molecule has 0 fully saturated rings. The lowest BCUT2D eigenvalue weighted by Gasteiger charge is -2.29. The number of benzene rings is 8. The highest BCUT2D eigenvalue weighted by molar-refractivity contribution is 6.27. The Labute approximate surface area is 264 Å². The molecule has 8 aromatic carbocycles. The number of rotatable bonds is 3. The van der Waals surface area contributed by atoms with Crippen LogP contribution < -0.4 is 0 Å².